The predicted octanol–water partition coefficient (Wildman–Crippen LogP) is 3.26. The molecular formula is C24H28N2O5. The van der Waals surface area contributed by atoms with Crippen molar-refractivity contribution in [2.24, 2.45) is 5.92 Å². The largest absolute Gasteiger partial charge is 0.494 e. The van der Waals surface area contributed by atoms with Crippen molar-refractivity contribution >= 4 is 17.5 Å². The Morgan fingerprint density at radius 1 is 1.10 bits per heavy atom. The molecule has 0 spiro atoms. The van der Waals surface area contributed by atoms with Crippen molar-refractivity contribution in [1.29, 1.82) is 0 Å². The molecule has 7 nitrogen and oxygen atoms in total. The number of ether oxygens (including phenoxy) is 3. The second kappa shape index (κ2) is 9.29. The number of anilines is 1. The van der Waals surface area contributed by atoms with Gasteiger partial charge >= 0.3 is 0 Å². The highest BCUT2D eigenvalue weighted by Crippen LogP contribution is 2.32. The van der Waals surface area contributed by atoms with Crippen LogP contribution in [0.2, 0.25) is 0 Å². The maximum absolute atomic E-state index is 13.2. The monoisotopic (exact) mass is 424 g/mol. The van der Waals surface area contributed by atoms with Gasteiger partial charge in [0.05, 0.1) is 12.5 Å². The number of hydrogen-bond donors (Lipinski definition) is 0. The summed E-state index contributed by atoms with van der Waals surface area (Å²) in [6.45, 7) is 6.99. The van der Waals surface area contributed by atoms with Gasteiger partial charge in [0, 0.05) is 31.7 Å². The van der Waals surface area contributed by atoms with Gasteiger partial charge in [0.25, 0.3) is 0 Å². The average Bonchev–Trinajstić information content (AvgIpc) is 3.19. The molecule has 31 heavy (non-hydrogen) atoms. The molecule has 0 aliphatic carbocycles. The summed E-state index contributed by atoms with van der Waals surface area (Å²) < 4.78 is 16.7. The van der Waals surface area contributed by atoms with Gasteiger partial charge in [0.15, 0.2) is 11.5 Å². The molecule has 1 fully saturated rings. The highest BCUT2D eigenvalue weighted by molar-refractivity contribution is 6.00. The van der Waals surface area contributed by atoms with Gasteiger partial charge in [-0.05, 0) is 55.8 Å². The van der Waals surface area contributed by atoms with Crippen LogP contribution in [0.5, 0.6) is 17.2 Å². The molecule has 2 aliphatic rings. The Morgan fingerprint density at radius 3 is 2.55 bits per heavy atom. The summed E-state index contributed by atoms with van der Waals surface area (Å²) in [6.07, 6.45) is 0.226. The maximum Gasteiger partial charge on any atom is 0.228 e. The van der Waals surface area contributed by atoms with Gasteiger partial charge in [-0.1, -0.05) is 6.07 Å². The lowest BCUT2D eigenvalue weighted by Gasteiger charge is -2.25. The number of benzene rings is 2. The molecule has 0 bridgehead atoms. The van der Waals surface area contributed by atoms with E-state index in [1.807, 2.05) is 56.3 Å². The minimum absolute atomic E-state index is 0.000763. The van der Waals surface area contributed by atoms with Crippen LogP contribution in [0.15, 0.2) is 42.5 Å². The minimum Gasteiger partial charge on any atom is -0.494 e. The molecule has 0 radical (unpaired) electrons. The van der Waals surface area contributed by atoms with Crippen LogP contribution in [0.25, 0.3) is 0 Å². The number of nitrogens with zero attached hydrogens (tertiary/aromatic N) is 2. The molecule has 2 heterocycles. The van der Waals surface area contributed by atoms with Crippen LogP contribution < -0.4 is 19.1 Å². The first kappa shape index (κ1) is 21.0. The zero-order valence-corrected chi connectivity index (χ0v) is 18.0. The highest BCUT2D eigenvalue weighted by Gasteiger charge is 2.37. The normalized spacial score (nSPS) is 17.5. The number of fused-ring (bicyclic) bond motifs is 1. The SMILES string of the molecule is CCOc1ccc(N2C[C@@H](C(=O)N(CC)Cc3ccc4c(c3)OCCO4)CC2=O)cc1. The lowest BCUT2D eigenvalue weighted by atomic mass is 10.1. The molecule has 2 aromatic rings. The van der Waals surface area contributed by atoms with E-state index in [9.17, 15) is 9.59 Å². The quantitative estimate of drug-likeness (QED) is 0.683. The Balaban J connectivity index is 1.42. The third kappa shape index (κ3) is 4.60. The van der Waals surface area contributed by atoms with E-state index in [2.05, 4.69) is 0 Å². The molecule has 2 aromatic carbocycles. The first-order chi connectivity index (χ1) is 15.1. The van der Waals surface area contributed by atoms with Gasteiger partial charge in [-0.15, -0.1) is 0 Å². The molecule has 1 saturated heterocycles. The van der Waals surface area contributed by atoms with Crippen LogP contribution in [0.1, 0.15) is 25.8 Å². The average molecular weight is 424 g/mol. The van der Waals surface area contributed by atoms with Gasteiger partial charge in [-0.3, -0.25) is 9.59 Å². The molecule has 2 aliphatic heterocycles. The van der Waals surface area contributed by atoms with Gasteiger partial charge < -0.3 is 24.0 Å². The lowest BCUT2D eigenvalue weighted by Crippen LogP contribution is -2.37. The smallest absolute Gasteiger partial charge is 0.228 e. The Bertz CT molecular complexity index is 943. The van der Waals surface area contributed by atoms with Crippen molar-refractivity contribution in [2.75, 3.05) is 37.8 Å². The molecular weight excluding hydrogens is 396 g/mol. The van der Waals surface area contributed by atoms with Crippen LogP contribution in [0.3, 0.4) is 0 Å². The predicted molar refractivity (Wildman–Crippen MR) is 117 cm³/mol. The zero-order valence-electron chi connectivity index (χ0n) is 18.0. The minimum atomic E-state index is -0.351. The molecule has 0 aromatic heterocycles. The van der Waals surface area contributed by atoms with Crippen LogP contribution in [-0.4, -0.2) is 49.6 Å². The molecule has 7 heteroatoms. The number of hydrogen-bond acceptors (Lipinski definition) is 5. The summed E-state index contributed by atoms with van der Waals surface area (Å²) in [6, 6.07) is 13.2. The van der Waals surface area contributed by atoms with Crippen LogP contribution >= 0.6 is 0 Å². The molecule has 0 saturated carbocycles. The van der Waals surface area contributed by atoms with E-state index in [0.717, 1.165) is 22.7 Å². The Labute approximate surface area is 182 Å². The topological polar surface area (TPSA) is 68.3 Å². The third-order valence-electron chi connectivity index (χ3n) is 5.61. The second-order valence-corrected chi connectivity index (χ2v) is 7.66. The summed E-state index contributed by atoms with van der Waals surface area (Å²) in [4.78, 5) is 29.3. The molecule has 1 atom stereocenters. The fourth-order valence-corrected chi connectivity index (χ4v) is 4.02. The van der Waals surface area contributed by atoms with Crippen LogP contribution in [0.4, 0.5) is 5.69 Å². The van der Waals surface area contributed by atoms with Gasteiger partial charge in [0.2, 0.25) is 11.8 Å². The van der Waals surface area contributed by atoms with E-state index in [1.165, 1.54) is 0 Å². The van der Waals surface area contributed by atoms with Crippen molar-refractivity contribution in [3.8, 4) is 17.2 Å². The fraction of sp³-hybridized carbons (Fsp3) is 0.417. The summed E-state index contributed by atoms with van der Waals surface area (Å²) >= 11 is 0. The van der Waals surface area contributed by atoms with E-state index < -0.39 is 0 Å². The second-order valence-electron chi connectivity index (χ2n) is 7.66. The number of carbonyl (C=O) groups is 2. The van der Waals surface area contributed by atoms with Crippen molar-refractivity contribution in [2.45, 2.75) is 26.8 Å². The standard InChI is InChI=1S/C24H28N2O5/c1-3-25(15-17-5-10-21-22(13-17)31-12-11-30-21)24(28)18-14-23(27)26(16-18)19-6-8-20(9-7-19)29-4-2/h5-10,13,18H,3-4,11-12,14-16H2,1-2H3/t18-/m0/s1. The first-order valence-electron chi connectivity index (χ1n) is 10.8. The first-order valence-corrected chi connectivity index (χ1v) is 10.8. The van der Waals surface area contributed by atoms with Crippen molar-refractivity contribution < 1.29 is 23.8 Å². The van der Waals surface area contributed by atoms with Crippen LogP contribution in [-0.2, 0) is 16.1 Å². The molecule has 164 valence electrons. The fourth-order valence-electron chi connectivity index (χ4n) is 4.02. The molecule has 4 rings (SSSR count). The Hall–Kier alpha value is -3.22. The van der Waals surface area contributed by atoms with E-state index >= 15 is 0 Å². The molecule has 0 N–H and O–H groups in total. The van der Waals surface area contributed by atoms with E-state index in [4.69, 9.17) is 14.2 Å². The van der Waals surface area contributed by atoms with E-state index in [1.54, 1.807) is 9.80 Å². The maximum atomic E-state index is 13.2. The summed E-state index contributed by atoms with van der Waals surface area (Å²) in [5, 5.41) is 0. The number of amides is 2. The van der Waals surface area contributed by atoms with Crippen molar-refractivity contribution in [3.05, 3.63) is 48.0 Å². The van der Waals surface area contributed by atoms with Gasteiger partial charge in [0.1, 0.15) is 19.0 Å². The van der Waals surface area contributed by atoms with Gasteiger partial charge in [-0.25, -0.2) is 0 Å². The Morgan fingerprint density at radius 2 is 1.84 bits per heavy atom. The van der Waals surface area contributed by atoms with E-state index in [-0.39, 0.29) is 24.2 Å². The zero-order chi connectivity index (χ0) is 21.8. The van der Waals surface area contributed by atoms with Crippen molar-refractivity contribution in [3.63, 3.8) is 0 Å². The third-order valence-corrected chi connectivity index (χ3v) is 5.61. The van der Waals surface area contributed by atoms with Crippen LogP contribution in [0, 0.1) is 5.92 Å². The Kier molecular flexibility index (Phi) is 6.30. The van der Waals surface area contributed by atoms with E-state index in [0.29, 0.717) is 45.2 Å². The number of rotatable bonds is 7. The van der Waals surface area contributed by atoms with Crippen molar-refractivity contribution in [1.82, 2.24) is 4.90 Å². The summed E-state index contributed by atoms with van der Waals surface area (Å²) in [5.41, 5.74) is 1.77. The molecule has 0 unspecified atom stereocenters. The summed E-state index contributed by atoms with van der Waals surface area (Å²) in [7, 11) is 0. The van der Waals surface area contributed by atoms with Gasteiger partial charge in [-0.2, -0.15) is 0 Å². The molecule has 2 amide bonds. The summed E-state index contributed by atoms with van der Waals surface area (Å²) in [5.74, 6) is 1.83. The highest BCUT2D eigenvalue weighted by atomic mass is 16.6. The number of carbonyl (C=O) groups excluding carboxylic acids is 2. The lowest BCUT2D eigenvalue weighted by molar-refractivity contribution is -0.136.